The summed E-state index contributed by atoms with van der Waals surface area (Å²) in [5.74, 6) is -0.419. The lowest BCUT2D eigenvalue weighted by molar-refractivity contribution is 0.0593. The topological polar surface area (TPSA) is 62.4 Å². The lowest BCUT2D eigenvalue weighted by atomic mass is 10.1. The number of esters is 1. The monoisotopic (exact) mass is 420 g/mol. The third-order valence-electron chi connectivity index (χ3n) is 4.79. The van der Waals surface area contributed by atoms with Crippen molar-refractivity contribution in [3.8, 4) is 0 Å². The molecule has 0 fully saturated rings. The molecular formula is C20H25BrN2O3. The maximum Gasteiger partial charge on any atom is 0.354 e. The first-order valence-electron chi connectivity index (χ1n) is 8.63. The number of amides is 1. The van der Waals surface area contributed by atoms with Gasteiger partial charge in [0.05, 0.1) is 7.11 Å². The van der Waals surface area contributed by atoms with Crippen LogP contribution >= 0.6 is 15.9 Å². The predicted octanol–water partition coefficient (Wildman–Crippen LogP) is 4.62. The molecule has 1 atom stereocenters. The van der Waals surface area contributed by atoms with Crippen molar-refractivity contribution in [3.05, 3.63) is 56.8 Å². The van der Waals surface area contributed by atoms with Crippen LogP contribution in [0.2, 0.25) is 0 Å². The van der Waals surface area contributed by atoms with Crippen molar-refractivity contribution in [2.24, 2.45) is 0 Å². The Morgan fingerprint density at radius 2 is 1.85 bits per heavy atom. The standard InChI is InChI=1S/C20H25BrN2O3/c1-6-12(2)23(19(24)15-7-9-16(21)10-8-15)11-17-13(3)18(20(25)26-5)22-14(17)4/h7-10,12,22H,6,11H2,1-5H3/t12-/m1/s1. The van der Waals surface area contributed by atoms with Gasteiger partial charge in [-0.25, -0.2) is 4.79 Å². The predicted molar refractivity (Wildman–Crippen MR) is 105 cm³/mol. The van der Waals surface area contributed by atoms with Gasteiger partial charge in [0.25, 0.3) is 5.91 Å². The van der Waals surface area contributed by atoms with Crippen molar-refractivity contribution in [1.29, 1.82) is 0 Å². The fourth-order valence-electron chi connectivity index (χ4n) is 2.91. The second-order valence-corrected chi connectivity index (χ2v) is 7.33. The van der Waals surface area contributed by atoms with Crippen LogP contribution in [0.25, 0.3) is 0 Å². The second kappa shape index (κ2) is 8.54. The normalized spacial score (nSPS) is 11.9. The van der Waals surface area contributed by atoms with E-state index in [2.05, 4.69) is 27.8 Å². The van der Waals surface area contributed by atoms with E-state index in [1.54, 1.807) is 0 Å². The zero-order valence-corrected chi connectivity index (χ0v) is 17.4. The molecule has 140 valence electrons. The molecule has 1 N–H and O–H groups in total. The molecule has 0 aliphatic heterocycles. The molecule has 0 aliphatic carbocycles. The van der Waals surface area contributed by atoms with Gasteiger partial charge < -0.3 is 14.6 Å². The lowest BCUT2D eigenvalue weighted by Gasteiger charge is -2.29. The number of aromatic amines is 1. The molecule has 0 spiro atoms. The number of nitrogens with one attached hydrogen (secondary N) is 1. The number of aromatic nitrogens is 1. The maximum absolute atomic E-state index is 13.1. The minimum absolute atomic E-state index is 0.0218. The largest absolute Gasteiger partial charge is 0.464 e. The Bertz CT molecular complexity index is 796. The molecule has 1 aromatic heterocycles. The highest BCUT2D eigenvalue weighted by Gasteiger charge is 2.25. The van der Waals surface area contributed by atoms with E-state index in [9.17, 15) is 9.59 Å². The van der Waals surface area contributed by atoms with Gasteiger partial charge in [-0.1, -0.05) is 22.9 Å². The highest BCUT2D eigenvalue weighted by molar-refractivity contribution is 9.10. The van der Waals surface area contributed by atoms with E-state index in [1.165, 1.54) is 7.11 Å². The smallest absolute Gasteiger partial charge is 0.354 e. The molecule has 1 amide bonds. The number of rotatable bonds is 6. The molecule has 1 aromatic carbocycles. The Morgan fingerprint density at radius 1 is 1.23 bits per heavy atom. The van der Waals surface area contributed by atoms with E-state index in [0.29, 0.717) is 17.8 Å². The number of benzene rings is 1. The van der Waals surface area contributed by atoms with Crippen LogP contribution in [0.3, 0.4) is 0 Å². The molecule has 0 aliphatic rings. The van der Waals surface area contributed by atoms with Gasteiger partial charge in [0, 0.05) is 28.3 Å². The van der Waals surface area contributed by atoms with Crippen molar-refractivity contribution in [1.82, 2.24) is 9.88 Å². The van der Waals surface area contributed by atoms with Gasteiger partial charge in [0.2, 0.25) is 0 Å². The van der Waals surface area contributed by atoms with Gasteiger partial charge in [-0.3, -0.25) is 4.79 Å². The van der Waals surface area contributed by atoms with E-state index >= 15 is 0 Å². The first-order chi connectivity index (χ1) is 12.3. The fourth-order valence-corrected chi connectivity index (χ4v) is 3.17. The zero-order chi connectivity index (χ0) is 19.4. The number of halogens is 1. The lowest BCUT2D eigenvalue weighted by Crippen LogP contribution is -2.38. The van der Waals surface area contributed by atoms with Crippen LogP contribution in [-0.4, -0.2) is 34.9 Å². The average molecular weight is 421 g/mol. The summed E-state index contributed by atoms with van der Waals surface area (Å²) < 4.78 is 5.77. The third-order valence-corrected chi connectivity index (χ3v) is 5.31. The highest BCUT2D eigenvalue weighted by atomic mass is 79.9. The molecule has 0 saturated heterocycles. The number of nitrogens with zero attached hydrogens (tertiary/aromatic N) is 1. The Morgan fingerprint density at radius 3 is 2.38 bits per heavy atom. The van der Waals surface area contributed by atoms with Crippen molar-refractivity contribution < 1.29 is 14.3 Å². The van der Waals surface area contributed by atoms with Crippen molar-refractivity contribution in [2.75, 3.05) is 7.11 Å². The molecule has 6 heteroatoms. The summed E-state index contributed by atoms with van der Waals surface area (Å²) in [5, 5.41) is 0. The molecule has 5 nitrogen and oxygen atoms in total. The number of hydrogen-bond donors (Lipinski definition) is 1. The average Bonchev–Trinajstić information content (AvgIpc) is 2.92. The van der Waals surface area contributed by atoms with Crippen molar-refractivity contribution in [3.63, 3.8) is 0 Å². The maximum atomic E-state index is 13.1. The summed E-state index contributed by atoms with van der Waals surface area (Å²) >= 11 is 3.40. The molecule has 0 radical (unpaired) electrons. The van der Waals surface area contributed by atoms with Gasteiger partial charge in [0.1, 0.15) is 5.69 Å². The Kier molecular flexibility index (Phi) is 6.64. The minimum Gasteiger partial charge on any atom is -0.464 e. The summed E-state index contributed by atoms with van der Waals surface area (Å²) in [6, 6.07) is 7.44. The van der Waals surface area contributed by atoms with Crippen LogP contribution < -0.4 is 0 Å². The van der Waals surface area contributed by atoms with E-state index in [-0.39, 0.29) is 11.9 Å². The summed E-state index contributed by atoms with van der Waals surface area (Å²) in [6.45, 7) is 8.32. The summed E-state index contributed by atoms with van der Waals surface area (Å²) in [7, 11) is 1.36. The van der Waals surface area contributed by atoms with Crippen molar-refractivity contribution >= 4 is 27.8 Å². The van der Waals surface area contributed by atoms with Crippen LogP contribution in [0.15, 0.2) is 28.7 Å². The van der Waals surface area contributed by atoms with E-state index in [1.807, 2.05) is 49.9 Å². The Balaban J connectivity index is 2.37. The van der Waals surface area contributed by atoms with E-state index in [4.69, 9.17) is 4.74 Å². The van der Waals surface area contributed by atoms with E-state index in [0.717, 1.165) is 27.7 Å². The fraction of sp³-hybridized carbons (Fsp3) is 0.400. The summed E-state index contributed by atoms with van der Waals surface area (Å²) in [5.41, 5.74) is 3.75. The number of hydrogen-bond acceptors (Lipinski definition) is 3. The first-order valence-corrected chi connectivity index (χ1v) is 9.42. The van der Waals surface area contributed by atoms with Crippen LogP contribution in [0, 0.1) is 13.8 Å². The number of aryl methyl sites for hydroxylation is 1. The van der Waals surface area contributed by atoms with Gasteiger partial charge in [-0.2, -0.15) is 0 Å². The van der Waals surface area contributed by atoms with Crippen LogP contribution in [0.4, 0.5) is 0 Å². The second-order valence-electron chi connectivity index (χ2n) is 6.42. The van der Waals surface area contributed by atoms with Crippen molar-refractivity contribution in [2.45, 2.75) is 46.7 Å². The highest BCUT2D eigenvalue weighted by Crippen LogP contribution is 2.24. The minimum atomic E-state index is -0.397. The number of carbonyl (C=O) groups is 2. The molecule has 2 rings (SSSR count). The van der Waals surface area contributed by atoms with E-state index < -0.39 is 5.97 Å². The Hall–Kier alpha value is -2.08. The third kappa shape index (κ3) is 4.18. The molecule has 0 saturated carbocycles. The SMILES string of the molecule is CC[C@@H](C)N(Cc1c(C)[nH]c(C(=O)OC)c1C)C(=O)c1ccc(Br)cc1. The first kappa shape index (κ1) is 20.2. The summed E-state index contributed by atoms with van der Waals surface area (Å²) in [4.78, 5) is 30.0. The molecule has 2 aromatic rings. The van der Waals surface area contributed by atoms with Crippen LogP contribution in [0.5, 0.6) is 0 Å². The number of H-pyrrole nitrogens is 1. The molecule has 0 unspecified atom stereocenters. The zero-order valence-electron chi connectivity index (χ0n) is 15.9. The van der Waals surface area contributed by atoms with Gasteiger partial charge in [0.15, 0.2) is 0 Å². The number of carbonyl (C=O) groups excluding carboxylic acids is 2. The quantitative estimate of drug-likeness (QED) is 0.693. The number of ether oxygens (including phenoxy) is 1. The van der Waals surface area contributed by atoms with Gasteiger partial charge in [-0.05, 0) is 62.6 Å². The van der Waals surface area contributed by atoms with Crippen LogP contribution in [-0.2, 0) is 11.3 Å². The molecule has 1 heterocycles. The number of methoxy groups -OCH3 is 1. The molecule has 26 heavy (non-hydrogen) atoms. The van der Waals surface area contributed by atoms with Gasteiger partial charge >= 0.3 is 5.97 Å². The molecular weight excluding hydrogens is 396 g/mol. The molecule has 0 bridgehead atoms. The van der Waals surface area contributed by atoms with Crippen LogP contribution in [0.1, 0.15) is 57.9 Å². The van der Waals surface area contributed by atoms with Gasteiger partial charge in [-0.15, -0.1) is 0 Å². The summed E-state index contributed by atoms with van der Waals surface area (Å²) in [6.07, 6.45) is 0.842. The Labute approximate surface area is 162 Å².